The summed E-state index contributed by atoms with van der Waals surface area (Å²) in [4.78, 5) is 12.7. The molecule has 0 bridgehead atoms. The highest BCUT2D eigenvalue weighted by molar-refractivity contribution is 6.07. The maximum atomic E-state index is 13.9. The van der Waals surface area contributed by atoms with Gasteiger partial charge >= 0.3 is 6.18 Å². The number of nitrogens with one attached hydrogen (secondary N) is 2. The molecule has 32 heavy (non-hydrogen) atoms. The van der Waals surface area contributed by atoms with Crippen molar-refractivity contribution in [2.24, 2.45) is 0 Å². The monoisotopic (exact) mass is 451 g/mol. The van der Waals surface area contributed by atoms with Crippen LogP contribution in [0.4, 0.5) is 24.8 Å². The highest BCUT2D eigenvalue weighted by Gasteiger charge is 2.47. The smallest absolute Gasteiger partial charge is 0.410 e. The molecule has 0 radical (unpaired) electrons. The molecule has 2 N–H and O–H groups in total. The number of hydrogen-bond donors (Lipinski definition) is 2. The molecule has 4 rings (SSSR count). The van der Waals surface area contributed by atoms with Crippen molar-refractivity contribution in [3.8, 4) is 11.5 Å². The number of rotatable bonds is 5. The number of ether oxygens (including phenoxy) is 2. The molecule has 1 aromatic carbocycles. The van der Waals surface area contributed by atoms with Crippen molar-refractivity contribution < 1.29 is 32.0 Å². The number of benzene rings is 1. The van der Waals surface area contributed by atoms with Crippen LogP contribution in [0.2, 0.25) is 0 Å². The number of aromatic nitrogens is 3. The molecule has 9 nitrogen and oxygen atoms in total. The number of amides is 1. The standard InChI is InChI=1S/C20H20F3N5O4/c1-10-6-17(27-32-10)26-19(29)12-9-24-28-16(20(21,22)23)8-13(25-18(12)28)11-4-5-14(30-2)15(7-11)31-3/h4-7,9,13,16,25H,8H2,1-3H3,(H,26,27,29)/t13-,16-/m0/s1. The fraction of sp³-hybridized carbons (Fsp3) is 0.350. The van der Waals surface area contributed by atoms with Crippen LogP contribution in [-0.2, 0) is 0 Å². The van der Waals surface area contributed by atoms with Crippen molar-refractivity contribution in [3.05, 3.63) is 47.3 Å². The molecule has 0 aliphatic carbocycles. The van der Waals surface area contributed by atoms with Crippen molar-refractivity contribution in [2.75, 3.05) is 24.9 Å². The van der Waals surface area contributed by atoms with E-state index < -0.39 is 24.2 Å². The van der Waals surface area contributed by atoms with Crippen LogP contribution < -0.4 is 20.1 Å². The summed E-state index contributed by atoms with van der Waals surface area (Å²) >= 11 is 0. The Morgan fingerprint density at radius 1 is 1.25 bits per heavy atom. The second-order valence-corrected chi connectivity index (χ2v) is 7.23. The molecule has 0 saturated carbocycles. The van der Waals surface area contributed by atoms with Crippen molar-refractivity contribution >= 4 is 17.5 Å². The Kier molecular flexibility index (Phi) is 5.45. The lowest BCUT2D eigenvalue weighted by molar-refractivity contribution is -0.173. The number of fused-ring (bicyclic) bond motifs is 1. The zero-order valence-corrected chi connectivity index (χ0v) is 17.4. The van der Waals surface area contributed by atoms with Crippen molar-refractivity contribution in [1.29, 1.82) is 0 Å². The molecule has 12 heteroatoms. The average Bonchev–Trinajstić information content (AvgIpc) is 3.37. The minimum absolute atomic E-state index is 0.0453. The highest BCUT2D eigenvalue weighted by Crippen LogP contribution is 2.45. The van der Waals surface area contributed by atoms with Crippen LogP contribution in [0.1, 0.15) is 40.2 Å². The lowest BCUT2D eigenvalue weighted by Crippen LogP contribution is -2.36. The quantitative estimate of drug-likeness (QED) is 0.602. The Hall–Kier alpha value is -3.70. The van der Waals surface area contributed by atoms with Gasteiger partial charge in [-0.15, -0.1) is 0 Å². The number of halogens is 3. The van der Waals surface area contributed by atoms with Gasteiger partial charge in [0.2, 0.25) is 0 Å². The summed E-state index contributed by atoms with van der Waals surface area (Å²) in [6, 6.07) is 3.68. The van der Waals surface area contributed by atoms with Crippen LogP contribution in [-0.4, -0.2) is 41.2 Å². The third kappa shape index (κ3) is 3.95. The lowest BCUT2D eigenvalue weighted by Gasteiger charge is -2.34. The summed E-state index contributed by atoms with van der Waals surface area (Å²) < 4.78 is 57.8. The number of alkyl halides is 3. The minimum Gasteiger partial charge on any atom is -0.493 e. The van der Waals surface area contributed by atoms with E-state index in [1.165, 1.54) is 20.3 Å². The van der Waals surface area contributed by atoms with Crippen LogP contribution in [0, 0.1) is 6.92 Å². The molecule has 0 unspecified atom stereocenters. The van der Waals surface area contributed by atoms with Gasteiger partial charge in [0.15, 0.2) is 23.4 Å². The Bertz CT molecular complexity index is 1140. The molecule has 3 heterocycles. The fourth-order valence-corrected chi connectivity index (χ4v) is 3.63. The fourth-order valence-electron chi connectivity index (χ4n) is 3.63. The molecule has 3 aromatic rings. The molecular formula is C20H20F3N5O4. The number of nitrogens with zero attached hydrogens (tertiary/aromatic N) is 3. The molecule has 2 aromatic heterocycles. The van der Waals surface area contributed by atoms with Crippen molar-refractivity contribution in [1.82, 2.24) is 14.9 Å². The number of carbonyl (C=O) groups excluding carboxylic acids is 1. The van der Waals surface area contributed by atoms with Gasteiger partial charge in [0, 0.05) is 12.5 Å². The van der Waals surface area contributed by atoms with Crippen LogP contribution in [0.5, 0.6) is 11.5 Å². The second-order valence-electron chi connectivity index (χ2n) is 7.23. The average molecular weight is 451 g/mol. The first-order chi connectivity index (χ1) is 15.2. The largest absolute Gasteiger partial charge is 0.493 e. The van der Waals surface area contributed by atoms with E-state index in [1.807, 2.05) is 0 Å². The normalized spacial score (nSPS) is 17.9. The Morgan fingerprint density at radius 2 is 2.00 bits per heavy atom. The molecule has 1 aliphatic rings. The maximum Gasteiger partial charge on any atom is 0.410 e. The maximum absolute atomic E-state index is 13.9. The number of carbonyl (C=O) groups is 1. The molecule has 0 fully saturated rings. The van der Waals surface area contributed by atoms with Gasteiger partial charge in [-0.3, -0.25) is 4.79 Å². The van der Waals surface area contributed by atoms with E-state index in [9.17, 15) is 18.0 Å². The molecule has 0 spiro atoms. The predicted molar refractivity (Wildman–Crippen MR) is 107 cm³/mol. The molecule has 2 atom stereocenters. The summed E-state index contributed by atoms with van der Waals surface area (Å²) in [6.45, 7) is 1.65. The van der Waals surface area contributed by atoms with Gasteiger partial charge in [0.05, 0.1) is 26.5 Å². The van der Waals surface area contributed by atoms with Gasteiger partial charge in [0.1, 0.15) is 17.1 Å². The number of methoxy groups -OCH3 is 2. The molecular weight excluding hydrogens is 431 g/mol. The van der Waals surface area contributed by atoms with Crippen LogP contribution >= 0.6 is 0 Å². The Balaban J connectivity index is 1.70. The number of hydrogen-bond acceptors (Lipinski definition) is 7. The van der Waals surface area contributed by atoms with Gasteiger partial charge in [-0.05, 0) is 24.6 Å². The van der Waals surface area contributed by atoms with Crippen LogP contribution in [0.3, 0.4) is 0 Å². The predicted octanol–water partition coefficient (Wildman–Crippen LogP) is 4.11. The molecule has 1 aliphatic heterocycles. The Labute approximate surface area is 180 Å². The summed E-state index contributed by atoms with van der Waals surface area (Å²) in [5.74, 6) is 0.742. The molecule has 170 valence electrons. The topological polar surface area (TPSA) is 103 Å². The molecule has 0 saturated heterocycles. The van der Waals surface area contributed by atoms with Gasteiger partial charge in [-0.2, -0.15) is 18.3 Å². The highest BCUT2D eigenvalue weighted by atomic mass is 19.4. The summed E-state index contributed by atoms with van der Waals surface area (Å²) in [5, 5.41) is 13.0. The van der Waals surface area contributed by atoms with Gasteiger partial charge in [-0.25, -0.2) is 4.68 Å². The first kappa shape index (κ1) is 21.5. The van der Waals surface area contributed by atoms with Crippen molar-refractivity contribution in [2.45, 2.75) is 31.6 Å². The van der Waals surface area contributed by atoms with E-state index in [-0.39, 0.29) is 23.6 Å². The van der Waals surface area contributed by atoms with E-state index in [2.05, 4.69) is 20.9 Å². The summed E-state index contributed by atoms with van der Waals surface area (Å²) in [5.41, 5.74) is 0.493. The van der Waals surface area contributed by atoms with Crippen LogP contribution in [0.25, 0.3) is 0 Å². The van der Waals surface area contributed by atoms with E-state index in [0.717, 1.165) is 10.9 Å². The summed E-state index contributed by atoms with van der Waals surface area (Å²) in [7, 11) is 2.91. The zero-order valence-electron chi connectivity index (χ0n) is 17.4. The second kappa shape index (κ2) is 8.09. The third-order valence-corrected chi connectivity index (χ3v) is 5.16. The minimum atomic E-state index is -4.57. The first-order valence-corrected chi connectivity index (χ1v) is 9.58. The Morgan fingerprint density at radius 3 is 2.62 bits per heavy atom. The SMILES string of the molecule is COc1ccc([C@@H]2C[C@@H](C(F)(F)F)n3ncc(C(=O)Nc4cc(C)on4)c3N2)cc1OC. The number of anilines is 2. The van der Waals surface area contributed by atoms with E-state index in [4.69, 9.17) is 14.0 Å². The van der Waals surface area contributed by atoms with Gasteiger partial charge in [-0.1, -0.05) is 11.2 Å². The number of aryl methyl sites for hydroxylation is 1. The van der Waals surface area contributed by atoms with E-state index in [1.54, 1.807) is 25.1 Å². The van der Waals surface area contributed by atoms with E-state index in [0.29, 0.717) is 22.8 Å². The van der Waals surface area contributed by atoms with E-state index >= 15 is 0 Å². The first-order valence-electron chi connectivity index (χ1n) is 9.58. The molecule has 1 amide bonds. The summed E-state index contributed by atoms with van der Waals surface area (Å²) in [6.07, 6.45) is -3.80. The van der Waals surface area contributed by atoms with Gasteiger partial charge in [0.25, 0.3) is 5.91 Å². The lowest BCUT2D eigenvalue weighted by atomic mass is 9.96. The van der Waals surface area contributed by atoms with Crippen LogP contribution in [0.15, 0.2) is 35.0 Å². The zero-order chi connectivity index (χ0) is 23.0. The third-order valence-electron chi connectivity index (χ3n) is 5.16. The van der Waals surface area contributed by atoms with Crippen molar-refractivity contribution in [3.63, 3.8) is 0 Å². The van der Waals surface area contributed by atoms with Gasteiger partial charge < -0.3 is 24.6 Å².